The summed E-state index contributed by atoms with van der Waals surface area (Å²) >= 11 is 0. The van der Waals surface area contributed by atoms with Crippen LogP contribution in [-0.4, -0.2) is 54.4 Å². The number of sulfone groups is 1. The molecule has 1 amide bonds. The maximum atomic E-state index is 11.7. The Bertz CT molecular complexity index is 372. The average Bonchev–Trinajstić information content (AvgIpc) is 2.17. The smallest absolute Gasteiger partial charge is 0.304 e. The van der Waals surface area contributed by atoms with Crippen LogP contribution >= 0.6 is 0 Å². The fraction of sp³-hybridized carbons (Fsp3) is 0.800. The number of carboxylic acids is 1. The highest BCUT2D eigenvalue weighted by atomic mass is 32.2. The van der Waals surface area contributed by atoms with Crippen LogP contribution in [0.3, 0.4) is 0 Å². The molecule has 0 rings (SSSR count). The number of carbonyl (C=O) groups excluding carboxylic acids is 1. The van der Waals surface area contributed by atoms with E-state index in [0.717, 1.165) is 0 Å². The molecule has 0 radical (unpaired) electrons. The molecule has 0 aromatic carbocycles. The first-order valence-electron chi connectivity index (χ1n) is 5.45. The van der Waals surface area contributed by atoms with Crippen molar-refractivity contribution in [2.75, 3.05) is 18.8 Å². The van der Waals surface area contributed by atoms with Crippen LogP contribution in [0.25, 0.3) is 0 Å². The normalized spacial score (nSPS) is 13.1. The van der Waals surface area contributed by atoms with E-state index in [-0.39, 0.29) is 0 Å². The molecule has 0 saturated heterocycles. The van der Waals surface area contributed by atoms with Gasteiger partial charge in [-0.3, -0.25) is 9.59 Å². The third-order valence-corrected chi connectivity index (χ3v) is 4.56. The minimum atomic E-state index is -3.69. The van der Waals surface area contributed by atoms with Gasteiger partial charge in [0, 0.05) is 13.1 Å². The van der Waals surface area contributed by atoms with Crippen molar-refractivity contribution in [3.63, 3.8) is 0 Å². The molecular formula is C10H19NO5S. The number of hydrogen-bond acceptors (Lipinski definition) is 4. The zero-order chi connectivity index (χ0) is 13.6. The van der Waals surface area contributed by atoms with E-state index in [9.17, 15) is 18.0 Å². The topological polar surface area (TPSA) is 91.8 Å². The average molecular weight is 265 g/mol. The first-order chi connectivity index (χ1) is 7.74. The van der Waals surface area contributed by atoms with Crippen LogP contribution in [-0.2, 0) is 19.4 Å². The first kappa shape index (κ1) is 15.9. The fourth-order valence-electron chi connectivity index (χ4n) is 1.35. The van der Waals surface area contributed by atoms with Crippen LogP contribution in [0.1, 0.15) is 27.2 Å². The molecule has 0 aliphatic rings. The van der Waals surface area contributed by atoms with Gasteiger partial charge in [0.25, 0.3) is 0 Å². The molecule has 1 N–H and O–H groups in total. The number of amides is 1. The summed E-state index contributed by atoms with van der Waals surface area (Å²) < 4.78 is 23.4. The number of aliphatic carboxylic acids is 1. The standard InChI is InChI=1S/C10H19NO5S/c1-4-11(5-2)9(12)7-17(15,16)8(3)6-10(13)14/h8H,4-7H2,1-3H3,(H,13,14). The lowest BCUT2D eigenvalue weighted by Crippen LogP contribution is -2.38. The lowest BCUT2D eigenvalue weighted by atomic mass is 10.3. The number of carboxylic acid groups (broad SMARTS) is 1. The third-order valence-electron chi connectivity index (χ3n) is 2.52. The monoisotopic (exact) mass is 265 g/mol. The van der Waals surface area contributed by atoms with Crippen molar-refractivity contribution >= 4 is 21.7 Å². The van der Waals surface area contributed by atoms with Gasteiger partial charge in [-0.1, -0.05) is 0 Å². The third kappa shape index (κ3) is 5.16. The molecule has 0 bridgehead atoms. The Hall–Kier alpha value is -1.11. The Morgan fingerprint density at radius 2 is 1.71 bits per heavy atom. The van der Waals surface area contributed by atoms with Crippen LogP contribution in [0.15, 0.2) is 0 Å². The highest BCUT2D eigenvalue weighted by molar-refractivity contribution is 7.92. The maximum absolute atomic E-state index is 11.7. The molecule has 7 heteroatoms. The summed E-state index contributed by atoms with van der Waals surface area (Å²) in [5.41, 5.74) is 0. The van der Waals surface area contributed by atoms with Gasteiger partial charge in [0.05, 0.1) is 11.7 Å². The van der Waals surface area contributed by atoms with Gasteiger partial charge in [0.2, 0.25) is 5.91 Å². The molecule has 1 unspecified atom stereocenters. The molecule has 100 valence electrons. The van der Waals surface area contributed by atoms with E-state index in [2.05, 4.69) is 0 Å². The van der Waals surface area contributed by atoms with E-state index in [0.29, 0.717) is 13.1 Å². The summed E-state index contributed by atoms with van der Waals surface area (Å²) in [6, 6.07) is 0. The summed E-state index contributed by atoms with van der Waals surface area (Å²) in [5.74, 6) is -2.29. The Labute approximate surface area is 102 Å². The number of carbonyl (C=O) groups is 2. The maximum Gasteiger partial charge on any atom is 0.304 e. The van der Waals surface area contributed by atoms with E-state index in [1.165, 1.54) is 11.8 Å². The molecule has 0 aromatic rings. The van der Waals surface area contributed by atoms with Crippen molar-refractivity contribution in [3.8, 4) is 0 Å². The SMILES string of the molecule is CCN(CC)C(=O)CS(=O)(=O)C(C)CC(=O)O. The fourth-order valence-corrected chi connectivity index (χ4v) is 2.56. The summed E-state index contributed by atoms with van der Waals surface area (Å²) in [4.78, 5) is 23.4. The van der Waals surface area contributed by atoms with Crippen molar-refractivity contribution in [1.82, 2.24) is 4.90 Å². The summed E-state index contributed by atoms with van der Waals surface area (Å²) in [6.07, 6.45) is -0.478. The Kier molecular flexibility index (Phi) is 6.15. The molecule has 0 spiro atoms. The summed E-state index contributed by atoms with van der Waals surface area (Å²) in [7, 11) is -3.69. The summed E-state index contributed by atoms with van der Waals surface area (Å²) in [5, 5.41) is 7.48. The van der Waals surface area contributed by atoms with Gasteiger partial charge < -0.3 is 10.0 Å². The van der Waals surface area contributed by atoms with Gasteiger partial charge in [0.15, 0.2) is 9.84 Å². The number of hydrogen-bond donors (Lipinski definition) is 1. The van der Waals surface area contributed by atoms with Crippen molar-refractivity contribution in [2.24, 2.45) is 0 Å². The zero-order valence-electron chi connectivity index (χ0n) is 10.3. The lowest BCUT2D eigenvalue weighted by Gasteiger charge is -2.19. The van der Waals surface area contributed by atoms with Crippen molar-refractivity contribution < 1.29 is 23.1 Å². The molecule has 1 atom stereocenters. The lowest BCUT2D eigenvalue weighted by molar-refractivity contribution is -0.137. The van der Waals surface area contributed by atoms with Crippen LogP contribution < -0.4 is 0 Å². The van der Waals surface area contributed by atoms with Crippen LogP contribution in [0.4, 0.5) is 0 Å². The molecule has 6 nitrogen and oxygen atoms in total. The predicted octanol–water partition coefficient (Wildman–Crippen LogP) is 0.133. The highest BCUT2D eigenvalue weighted by Crippen LogP contribution is 2.08. The van der Waals surface area contributed by atoms with E-state index in [1.54, 1.807) is 13.8 Å². The molecular weight excluding hydrogens is 246 g/mol. The van der Waals surface area contributed by atoms with Crippen molar-refractivity contribution in [3.05, 3.63) is 0 Å². The Morgan fingerprint density at radius 1 is 1.24 bits per heavy atom. The second kappa shape index (κ2) is 6.58. The molecule has 0 aromatic heterocycles. The van der Waals surface area contributed by atoms with Gasteiger partial charge in [-0.05, 0) is 20.8 Å². The molecule has 17 heavy (non-hydrogen) atoms. The van der Waals surface area contributed by atoms with Gasteiger partial charge in [0.1, 0.15) is 5.75 Å². The number of nitrogens with zero attached hydrogens (tertiary/aromatic N) is 1. The van der Waals surface area contributed by atoms with Crippen molar-refractivity contribution in [2.45, 2.75) is 32.4 Å². The minimum Gasteiger partial charge on any atom is -0.481 e. The van der Waals surface area contributed by atoms with Gasteiger partial charge in [-0.15, -0.1) is 0 Å². The largest absolute Gasteiger partial charge is 0.481 e. The van der Waals surface area contributed by atoms with E-state index in [4.69, 9.17) is 5.11 Å². The first-order valence-corrected chi connectivity index (χ1v) is 7.17. The summed E-state index contributed by atoms with van der Waals surface area (Å²) in [6.45, 7) is 5.71. The van der Waals surface area contributed by atoms with Gasteiger partial charge in [-0.2, -0.15) is 0 Å². The Morgan fingerprint density at radius 3 is 2.06 bits per heavy atom. The quantitative estimate of drug-likeness (QED) is 0.706. The molecule has 0 heterocycles. The zero-order valence-corrected chi connectivity index (χ0v) is 11.2. The molecule has 0 aliphatic heterocycles. The van der Waals surface area contributed by atoms with E-state index >= 15 is 0 Å². The van der Waals surface area contributed by atoms with Crippen molar-refractivity contribution in [1.29, 1.82) is 0 Å². The second-order valence-electron chi connectivity index (χ2n) is 3.78. The van der Waals surface area contributed by atoms with E-state index < -0.39 is 39.1 Å². The van der Waals surface area contributed by atoms with Crippen LogP contribution in [0.5, 0.6) is 0 Å². The van der Waals surface area contributed by atoms with Gasteiger partial charge in [-0.25, -0.2) is 8.42 Å². The number of rotatable bonds is 7. The molecule has 0 fully saturated rings. The molecule has 0 aliphatic carbocycles. The second-order valence-corrected chi connectivity index (χ2v) is 6.20. The van der Waals surface area contributed by atoms with Crippen LogP contribution in [0.2, 0.25) is 0 Å². The van der Waals surface area contributed by atoms with Gasteiger partial charge >= 0.3 is 5.97 Å². The van der Waals surface area contributed by atoms with E-state index in [1.807, 2.05) is 0 Å². The van der Waals surface area contributed by atoms with Crippen LogP contribution in [0, 0.1) is 0 Å². The Balaban J connectivity index is 4.65. The predicted molar refractivity (Wildman–Crippen MR) is 63.4 cm³/mol. The minimum absolute atomic E-state index is 0.443. The molecule has 0 saturated carbocycles. The highest BCUT2D eigenvalue weighted by Gasteiger charge is 2.27.